The molecule has 3 N–H and O–H groups in total. The van der Waals surface area contributed by atoms with Crippen molar-refractivity contribution in [3.05, 3.63) is 28.3 Å². The number of unbranched alkanes of at least 4 members (excludes halogenated alkanes) is 3. The highest BCUT2D eigenvalue weighted by Crippen LogP contribution is 2.26. The van der Waals surface area contributed by atoms with Gasteiger partial charge in [-0.1, -0.05) is 20.3 Å². The van der Waals surface area contributed by atoms with Crippen molar-refractivity contribution < 1.29 is 9.72 Å². The molecule has 0 aliphatic heterocycles. The number of nitrogens with two attached hydrogens (primary N) is 1. The quantitative estimate of drug-likeness (QED) is 0.250. The Labute approximate surface area is 119 Å². The van der Waals surface area contributed by atoms with Gasteiger partial charge in [-0.05, 0) is 25.0 Å². The van der Waals surface area contributed by atoms with E-state index >= 15 is 0 Å². The number of nitro benzene ring substituents is 1. The van der Waals surface area contributed by atoms with Crippen LogP contribution in [0, 0.1) is 10.1 Å². The molecule has 0 saturated heterocycles. The van der Waals surface area contributed by atoms with E-state index in [2.05, 4.69) is 5.32 Å². The highest BCUT2D eigenvalue weighted by Gasteiger charge is 2.13. The van der Waals surface area contributed by atoms with Crippen molar-refractivity contribution in [2.75, 3.05) is 17.6 Å². The van der Waals surface area contributed by atoms with E-state index in [0.29, 0.717) is 24.3 Å². The van der Waals surface area contributed by atoms with Gasteiger partial charge in [0.05, 0.1) is 4.92 Å². The number of benzene rings is 1. The smallest absolute Gasteiger partial charge is 0.294 e. The molecule has 112 valence electrons. The van der Waals surface area contributed by atoms with Gasteiger partial charge < -0.3 is 15.8 Å². The van der Waals surface area contributed by atoms with Gasteiger partial charge in [0.25, 0.3) is 5.69 Å². The summed E-state index contributed by atoms with van der Waals surface area (Å²) in [5.74, 6) is 0. The molecule has 6 heteroatoms. The Kier molecular flexibility index (Phi) is 9.64. The summed E-state index contributed by atoms with van der Waals surface area (Å²) in [5.41, 5.74) is 6.35. The first kappa shape index (κ1) is 17.9. The number of aldehydes is 1. The Bertz CT molecular complexity index is 422. The SMILES string of the molecule is CC.Nc1ccc(NCCCCCC=O)c([N+](=O)[O-])c1. The Morgan fingerprint density at radius 2 is 2.00 bits per heavy atom. The molecule has 0 aliphatic rings. The van der Waals surface area contributed by atoms with Gasteiger partial charge in [0, 0.05) is 24.7 Å². The van der Waals surface area contributed by atoms with Crippen molar-refractivity contribution in [1.29, 1.82) is 0 Å². The number of anilines is 2. The molecule has 1 rings (SSSR count). The number of nitrogens with zero attached hydrogens (tertiary/aromatic N) is 1. The van der Waals surface area contributed by atoms with Crippen molar-refractivity contribution in [2.24, 2.45) is 0 Å². The van der Waals surface area contributed by atoms with Gasteiger partial charge in [-0.3, -0.25) is 10.1 Å². The van der Waals surface area contributed by atoms with Crippen LogP contribution in [0.15, 0.2) is 18.2 Å². The van der Waals surface area contributed by atoms with Gasteiger partial charge in [-0.15, -0.1) is 0 Å². The molecule has 0 atom stereocenters. The molecule has 0 fully saturated rings. The number of carbonyl (C=O) groups excluding carboxylic acids is 1. The second-order valence-corrected chi connectivity index (χ2v) is 3.98. The predicted molar refractivity (Wildman–Crippen MR) is 81.9 cm³/mol. The summed E-state index contributed by atoms with van der Waals surface area (Å²) in [6, 6.07) is 4.58. The minimum Gasteiger partial charge on any atom is -0.399 e. The van der Waals surface area contributed by atoms with E-state index in [4.69, 9.17) is 5.73 Å². The highest BCUT2D eigenvalue weighted by molar-refractivity contribution is 5.66. The maximum atomic E-state index is 10.8. The molecule has 0 bridgehead atoms. The molecule has 0 radical (unpaired) electrons. The fourth-order valence-electron chi connectivity index (χ4n) is 1.60. The summed E-state index contributed by atoms with van der Waals surface area (Å²) in [6.07, 6.45) is 4.12. The zero-order valence-electron chi connectivity index (χ0n) is 12.1. The van der Waals surface area contributed by atoms with E-state index in [1.54, 1.807) is 12.1 Å². The van der Waals surface area contributed by atoms with Gasteiger partial charge >= 0.3 is 0 Å². The minimum absolute atomic E-state index is 0.0112. The van der Waals surface area contributed by atoms with Crippen molar-refractivity contribution in [3.63, 3.8) is 0 Å². The summed E-state index contributed by atoms with van der Waals surface area (Å²) in [6.45, 7) is 4.64. The topological polar surface area (TPSA) is 98.3 Å². The largest absolute Gasteiger partial charge is 0.399 e. The van der Waals surface area contributed by atoms with Crippen molar-refractivity contribution in [2.45, 2.75) is 39.5 Å². The Morgan fingerprint density at radius 3 is 2.60 bits per heavy atom. The lowest BCUT2D eigenvalue weighted by molar-refractivity contribution is -0.383. The zero-order chi connectivity index (χ0) is 15.4. The Morgan fingerprint density at radius 1 is 1.30 bits per heavy atom. The normalized spacial score (nSPS) is 9.30. The van der Waals surface area contributed by atoms with Gasteiger partial charge in [-0.25, -0.2) is 0 Å². The number of nitrogen functional groups attached to an aromatic ring is 1. The molecule has 20 heavy (non-hydrogen) atoms. The number of carbonyl (C=O) groups is 1. The van der Waals surface area contributed by atoms with Crippen molar-refractivity contribution >= 4 is 23.3 Å². The third kappa shape index (κ3) is 6.72. The molecule has 1 aromatic rings. The lowest BCUT2D eigenvalue weighted by atomic mass is 10.2. The first-order valence-electron chi connectivity index (χ1n) is 6.86. The molecule has 0 spiro atoms. The first-order chi connectivity index (χ1) is 9.65. The van der Waals surface area contributed by atoms with Crippen LogP contribution in [0.25, 0.3) is 0 Å². The van der Waals surface area contributed by atoms with Crippen LogP contribution in [0.2, 0.25) is 0 Å². The third-order valence-electron chi connectivity index (χ3n) is 2.53. The monoisotopic (exact) mass is 281 g/mol. The molecular formula is C14H23N3O3. The minimum atomic E-state index is -0.453. The molecule has 0 aliphatic carbocycles. The fraction of sp³-hybridized carbons (Fsp3) is 0.500. The van der Waals surface area contributed by atoms with Crippen LogP contribution in [0.4, 0.5) is 17.1 Å². The van der Waals surface area contributed by atoms with Crippen molar-refractivity contribution in [3.8, 4) is 0 Å². The molecule has 1 aromatic carbocycles. The molecule has 0 amide bonds. The Hall–Kier alpha value is -2.11. The number of nitro groups is 1. The van der Waals surface area contributed by atoms with Gasteiger partial charge in [-0.2, -0.15) is 0 Å². The van der Waals surface area contributed by atoms with Crippen LogP contribution in [-0.4, -0.2) is 17.8 Å². The number of hydrogen-bond donors (Lipinski definition) is 2. The van der Waals surface area contributed by atoms with Crippen LogP contribution in [0.1, 0.15) is 39.5 Å². The summed E-state index contributed by atoms with van der Waals surface area (Å²) in [7, 11) is 0. The van der Waals surface area contributed by atoms with Gasteiger partial charge in [0.15, 0.2) is 0 Å². The van der Waals surface area contributed by atoms with E-state index < -0.39 is 4.92 Å². The molecule has 0 saturated carbocycles. The molecule has 6 nitrogen and oxygen atoms in total. The Balaban J connectivity index is 0.00000172. The molecular weight excluding hydrogens is 258 g/mol. The molecule has 0 unspecified atom stereocenters. The number of rotatable bonds is 8. The van der Waals surface area contributed by atoms with Crippen LogP contribution in [0.3, 0.4) is 0 Å². The number of hydrogen-bond acceptors (Lipinski definition) is 5. The summed E-state index contributed by atoms with van der Waals surface area (Å²) < 4.78 is 0. The first-order valence-corrected chi connectivity index (χ1v) is 6.86. The zero-order valence-corrected chi connectivity index (χ0v) is 12.1. The number of nitrogens with one attached hydrogen (secondary N) is 1. The second kappa shape index (κ2) is 10.8. The standard InChI is InChI=1S/C12H17N3O3.C2H6/c13-10-5-6-11(12(9-10)15(17)18)14-7-3-1-2-4-8-16;1-2/h5-6,8-9,14H,1-4,7,13H2;1-2H3. The average molecular weight is 281 g/mol. The molecule has 0 aromatic heterocycles. The van der Waals surface area contributed by atoms with Crippen LogP contribution >= 0.6 is 0 Å². The maximum absolute atomic E-state index is 10.8. The van der Waals surface area contributed by atoms with Gasteiger partial charge in [0.1, 0.15) is 12.0 Å². The van der Waals surface area contributed by atoms with Crippen LogP contribution < -0.4 is 11.1 Å². The lowest BCUT2D eigenvalue weighted by Crippen LogP contribution is -2.04. The van der Waals surface area contributed by atoms with Gasteiger partial charge in [0.2, 0.25) is 0 Å². The average Bonchev–Trinajstić information content (AvgIpc) is 2.46. The van der Waals surface area contributed by atoms with E-state index in [1.807, 2.05) is 13.8 Å². The van der Waals surface area contributed by atoms with Crippen LogP contribution in [-0.2, 0) is 4.79 Å². The maximum Gasteiger partial charge on any atom is 0.294 e. The van der Waals surface area contributed by atoms with E-state index in [1.165, 1.54) is 6.07 Å². The van der Waals surface area contributed by atoms with E-state index in [9.17, 15) is 14.9 Å². The fourth-order valence-corrected chi connectivity index (χ4v) is 1.60. The summed E-state index contributed by atoms with van der Waals surface area (Å²) in [5, 5.41) is 13.8. The summed E-state index contributed by atoms with van der Waals surface area (Å²) >= 11 is 0. The molecule has 0 heterocycles. The highest BCUT2D eigenvalue weighted by atomic mass is 16.6. The van der Waals surface area contributed by atoms with Crippen LogP contribution in [0.5, 0.6) is 0 Å². The third-order valence-corrected chi connectivity index (χ3v) is 2.53. The summed E-state index contributed by atoms with van der Waals surface area (Å²) in [4.78, 5) is 20.5. The van der Waals surface area contributed by atoms with Crippen molar-refractivity contribution in [1.82, 2.24) is 0 Å². The second-order valence-electron chi connectivity index (χ2n) is 3.98. The van der Waals surface area contributed by atoms with E-state index in [-0.39, 0.29) is 5.69 Å². The van der Waals surface area contributed by atoms with E-state index in [0.717, 1.165) is 25.5 Å². The predicted octanol–water partition coefficient (Wildman–Crippen LogP) is 3.37. The lowest BCUT2D eigenvalue weighted by Gasteiger charge is -2.07.